The van der Waals surface area contributed by atoms with Gasteiger partial charge in [0.15, 0.2) is 11.5 Å². The molecule has 1 aromatic carbocycles. The summed E-state index contributed by atoms with van der Waals surface area (Å²) in [6, 6.07) is 3.52. The highest BCUT2D eigenvalue weighted by atomic mass is 16.7. The van der Waals surface area contributed by atoms with Crippen molar-refractivity contribution in [3.8, 4) is 17.2 Å². The minimum Gasteiger partial charge on any atom is -0.493 e. The first-order valence-corrected chi connectivity index (χ1v) is 12.3. The number of hydrogen-bond donors (Lipinski definition) is 0. The van der Waals surface area contributed by atoms with E-state index in [2.05, 4.69) is 0 Å². The van der Waals surface area contributed by atoms with E-state index in [1.54, 1.807) is 24.3 Å². The lowest BCUT2D eigenvalue weighted by atomic mass is 10.1. The largest absolute Gasteiger partial charge is 0.493 e. The average molecular weight is 534 g/mol. The summed E-state index contributed by atoms with van der Waals surface area (Å²) in [5.74, 6) is 0.228. The maximum absolute atomic E-state index is 12.4. The normalized spacial score (nSPS) is 17.0. The van der Waals surface area contributed by atoms with Crippen molar-refractivity contribution in [2.75, 3.05) is 87.0 Å². The zero-order valence-electron chi connectivity index (χ0n) is 22.1. The molecule has 0 unspecified atom stereocenters. The van der Waals surface area contributed by atoms with Crippen LogP contribution in [0.25, 0.3) is 6.08 Å². The molecule has 38 heavy (non-hydrogen) atoms. The summed E-state index contributed by atoms with van der Waals surface area (Å²) >= 11 is 0. The van der Waals surface area contributed by atoms with Crippen LogP contribution in [0.5, 0.6) is 17.2 Å². The maximum Gasteiger partial charge on any atom is 0.349 e. The van der Waals surface area contributed by atoms with E-state index in [-0.39, 0.29) is 12.5 Å². The Morgan fingerprint density at radius 2 is 1.50 bits per heavy atom. The van der Waals surface area contributed by atoms with E-state index in [0.717, 1.165) is 17.7 Å². The third-order valence-electron chi connectivity index (χ3n) is 5.95. The van der Waals surface area contributed by atoms with E-state index in [0.29, 0.717) is 76.3 Å². The average Bonchev–Trinajstić information content (AvgIpc) is 2.95. The number of rotatable bonds is 11. The van der Waals surface area contributed by atoms with Crippen LogP contribution in [0.3, 0.4) is 0 Å². The molecule has 2 fully saturated rings. The molecule has 0 aromatic heterocycles. The number of hydrogen-bond acceptors (Lipinski definition) is 11. The van der Waals surface area contributed by atoms with Gasteiger partial charge in [0, 0.05) is 51.4 Å². The van der Waals surface area contributed by atoms with Gasteiger partial charge in [-0.2, -0.15) is 0 Å². The molecule has 2 aliphatic rings. The topological polar surface area (TPSA) is 116 Å². The van der Waals surface area contributed by atoms with Gasteiger partial charge in [-0.3, -0.25) is 9.69 Å². The van der Waals surface area contributed by atoms with E-state index in [4.69, 9.17) is 28.5 Å². The lowest BCUT2D eigenvalue weighted by molar-refractivity contribution is -0.192. The molecule has 0 radical (unpaired) electrons. The summed E-state index contributed by atoms with van der Waals surface area (Å²) in [6.07, 6.45) is 5.43. The molecule has 0 saturated carbocycles. The standard InChI is InChI=1S/C26H35N3O9/c1-33-21-17-20(18-22(34-2)26(21)35-3)5-4-14-37-24(31)6-7-25(32)38-29-10-8-27(9-11-29)19-23(30)28-12-15-36-16-13-28/h4-7,17-18H,8-16,19H2,1-3H3/b5-4+,7-6-. The van der Waals surface area contributed by atoms with Crippen LogP contribution < -0.4 is 14.2 Å². The Bertz CT molecular complexity index is 988. The molecule has 0 bridgehead atoms. The number of morpholine rings is 1. The Hall–Kier alpha value is -3.61. The van der Waals surface area contributed by atoms with E-state index in [9.17, 15) is 14.4 Å². The van der Waals surface area contributed by atoms with Crippen molar-refractivity contribution < 1.29 is 42.9 Å². The van der Waals surface area contributed by atoms with Crippen molar-refractivity contribution in [1.29, 1.82) is 0 Å². The molecule has 2 saturated heterocycles. The highest BCUT2D eigenvalue weighted by Gasteiger charge is 2.24. The first-order valence-electron chi connectivity index (χ1n) is 12.3. The second-order valence-electron chi connectivity index (χ2n) is 8.43. The highest BCUT2D eigenvalue weighted by Crippen LogP contribution is 2.38. The number of amides is 1. The number of esters is 1. The quantitative estimate of drug-likeness (QED) is 0.296. The fourth-order valence-electron chi connectivity index (χ4n) is 3.94. The summed E-state index contributed by atoms with van der Waals surface area (Å²) in [5.41, 5.74) is 0.764. The summed E-state index contributed by atoms with van der Waals surface area (Å²) in [4.78, 5) is 45.5. The van der Waals surface area contributed by atoms with Gasteiger partial charge >= 0.3 is 11.9 Å². The van der Waals surface area contributed by atoms with E-state index in [1.165, 1.54) is 26.4 Å². The van der Waals surface area contributed by atoms with Crippen molar-refractivity contribution in [3.63, 3.8) is 0 Å². The second kappa shape index (κ2) is 15.0. The summed E-state index contributed by atoms with van der Waals surface area (Å²) < 4.78 is 26.3. The Kier molecular flexibility index (Phi) is 11.4. The van der Waals surface area contributed by atoms with Crippen LogP contribution >= 0.6 is 0 Å². The second-order valence-corrected chi connectivity index (χ2v) is 8.43. The Morgan fingerprint density at radius 3 is 2.11 bits per heavy atom. The van der Waals surface area contributed by atoms with E-state index >= 15 is 0 Å². The molecule has 0 aliphatic carbocycles. The van der Waals surface area contributed by atoms with Gasteiger partial charge in [0.05, 0.1) is 41.1 Å². The number of carbonyl (C=O) groups excluding carboxylic acids is 3. The van der Waals surface area contributed by atoms with Crippen molar-refractivity contribution in [3.05, 3.63) is 35.9 Å². The molecule has 0 spiro atoms. The van der Waals surface area contributed by atoms with Gasteiger partial charge in [-0.15, -0.1) is 5.06 Å². The SMILES string of the molecule is COc1cc(/C=C/COC(=O)/C=C\C(=O)ON2CCN(CC(=O)N3CCOCC3)CC2)cc(OC)c1OC. The number of ether oxygens (including phenoxy) is 5. The van der Waals surface area contributed by atoms with Gasteiger partial charge in [0.25, 0.3) is 0 Å². The predicted octanol–water partition coefficient (Wildman–Crippen LogP) is 0.760. The van der Waals surface area contributed by atoms with Gasteiger partial charge in [0.1, 0.15) is 6.61 Å². The number of carbonyl (C=O) groups is 3. The Morgan fingerprint density at radius 1 is 0.868 bits per heavy atom. The molecule has 1 aromatic rings. The van der Waals surface area contributed by atoms with Gasteiger partial charge in [-0.25, -0.2) is 9.59 Å². The van der Waals surface area contributed by atoms with Gasteiger partial charge in [0.2, 0.25) is 11.7 Å². The smallest absolute Gasteiger partial charge is 0.349 e. The summed E-state index contributed by atoms with van der Waals surface area (Å²) in [7, 11) is 4.58. The maximum atomic E-state index is 12.4. The first-order chi connectivity index (χ1) is 18.4. The monoisotopic (exact) mass is 533 g/mol. The molecular formula is C26H35N3O9. The minimum absolute atomic E-state index is 0.0000137. The molecule has 3 rings (SSSR count). The molecule has 2 heterocycles. The summed E-state index contributed by atoms with van der Waals surface area (Å²) in [6.45, 7) is 4.83. The molecule has 208 valence electrons. The number of hydroxylamine groups is 2. The number of nitrogens with zero attached hydrogens (tertiary/aromatic N) is 3. The third kappa shape index (κ3) is 8.75. The lowest BCUT2D eigenvalue weighted by Gasteiger charge is -2.34. The van der Waals surface area contributed by atoms with Crippen LogP contribution in [0.15, 0.2) is 30.4 Å². The fourth-order valence-corrected chi connectivity index (χ4v) is 3.94. The molecular weight excluding hydrogens is 498 g/mol. The molecule has 0 atom stereocenters. The van der Waals surface area contributed by atoms with Crippen LogP contribution in [0.1, 0.15) is 5.56 Å². The van der Waals surface area contributed by atoms with Crippen LogP contribution in [0, 0.1) is 0 Å². The van der Waals surface area contributed by atoms with Gasteiger partial charge < -0.3 is 33.4 Å². The van der Waals surface area contributed by atoms with E-state index < -0.39 is 11.9 Å². The van der Waals surface area contributed by atoms with Crippen LogP contribution in [-0.4, -0.2) is 120 Å². The van der Waals surface area contributed by atoms with Gasteiger partial charge in [-0.1, -0.05) is 6.08 Å². The van der Waals surface area contributed by atoms with Crippen LogP contribution in [0.4, 0.5) is 0 Å². The Labute approximate surface area is 222 Å². The molecule has 12 heteroatoms. The zero-order valence-corrected chi connectivity index (χ0v) is 22.1. The Balaban J connectivity index is 1.35. The van der Waals surface area contributed by atoms with Crippen molar-refractivity contribution in [1.82, 2.24) is 14.9 Å². The van der Waals surface area contributed by atoms with Crippen molar-refractivity contribution >= 4 is 23.9 Å². The van der Waals surface area contributed by atoms with Crippen molar-refractivity contribution in [2.24, 2.45) is 0 Å². The molecule has 12 nitrogen and oxygen atoms in total. The predicted molar refractivity (Wildman–Crippen MR) is 137 cm³/mol. The summed E-state index contributed by atoms with van der Waals surface area (Å²) in [5, 5.41) is 1.52. The van der Waals surface area contributed by atoms with Crippen molar-refractivity contribution in [2.45, 2.75) is 0 Å². The highest BCUT2D eigenvalue weighted by molar-refractivity contribution is 5.91. The minimum atomic E-state index is -0.678. The molecule has 2 aliphatic heterocycles. The number of methoxy groups -OCH3 is 3. The first kappa shape index (κ1) is 29.0. The molecule has 0 N–H and O–H groups in total. The number of piperazine rings is 1. The lowest BCUT2D eigenvalue weighted by Crippen LogP contribution is -2.51. The van der Waals surface area contributed by atoms with Crippen LogP contribution in [-0.2, 0) is 28.7 Å². The fraction of sp³-hybridized carbons (Fsp3) is 0.500. The number of benzene rings is 1. The zero-order chi connectivity index (χ0) is 27.3. The van der Waals surface area contributed by atoms with Crippen LogP contribution in [0.2, 0.25) is 0 Å². The molecule has 1 amide bonds. The van der Waals surface area contributed by atoms with Gasteiger partial charge in [-0.05, 0) is 23.8 Å². The van der Waals surface area contributed by atoms with E-state index in [1.807, 2.05) is 9.80 Å². The third-order valence-corrected chi connectivity index (χ3v) is 5.95.